The average molecular weight is 335 g/mol. The molecule has 0 aromatic heterocycles. The fourth-order valence-corrected chi connectivity index (χ4v) is 1.92. The third kappa shape index (κ3) is 6.48. The van der Waals surface area contributed by atoms with Gasteiger partial charge in [-0.2, -0.15) is 0 Å². The lowest BCUT2D eigenvalue weighted by atomic mass is 10.1. The number of nitrogens with zero attached hydrogens (tertiary/aromatic N) is 1. The molecule has 0 aliphatic carbocycles. The van der Waals surface area contributed by atoms with E-state index in [4.69, 9.17) is 16.4 Å². The van der Waals surface area contributed by atoms with Crippen molar-refractivity contribution in [2.75, 3.05) is 13.2 Å². The number of carbonyl (C=O) groups is 1. The Hall–Kier alpha value is -2.40. The van der Waals surface area contributed by atoms with Gasteiger partial charge in [-0.1, -0.05) is 41.0 Å². The maximum absolute atomic E-state index is 12.7. The third-order valence-electron chi connectivity index (χ3n) is 2.99. The monoisotopic (exact) mass is 334 g/mol. The van der Waals surface area contributed by atoms with Gasteiger partial charge in [0.05, 0.1) is 6.21 Å². The Labute approximate surface area is 138 Å². The summed E-state index contributed by atoms with van der Waals surface area (Å²) in [6.45, 7) is 0.294. The molecule has 0 atom stereocenters. The first-order valence-corrected chi connectivity index (χ1v) is 7.43. The summed E-state index contributed by atoms with van der Waals surface area (Å²) in [5.41, 5.74) is 1.78. The number of halogens is 2. The lowest BCUT2D eigenvalue weighted by Gasteiger charge is -2.04. The molecule has 0 saturated carbocycles. The largest absolute Gasteiger partial charge is 0.386 e. The lowest BCUT2D eigenvalue weighted by molar-refractivity contribution is -0.125. The minimum atomic E-state index is -0.273. The molecule has 0 bridgehead atoms. The van der Waals surface area contributed by atoms with Crippen molar-refractivity contribution in [3.05, 3.63) is 70.5 Å². The van der Waals surface area contributed by atoms with Crippen LogP contribution >= 0.6 is 11.6 Å². The molecular formula is C17H16ClFN2O2. The fraction of sp³-hybridized carbons (Fsp3) is 0.176. The summed E-state index contributed by atoms with van der Waals surface area (Å²) >= 11 is 5.77. The first kappa shape index (κ1) is 17.0. The molecule has 0 unspecified atom stereocenters. The number of hydrogen-bond acceptors (Lipinski definition) is 3. The van der Waals surface area contributed by atoms with Crippen LogP contribution in [0.2, 0.25) is 5.02 Å². The summed E-state index contributed by atoms with van der Waals surface area (Å²) in [4.78, 5) is 16.5. The van der Waals surface area contributed by atoms with Crippen LogP contribution in [-0.2, 0) is 16.1 Å². The summed E-state index contributed by atoms with van der Waals surface area (Å²) < 4.78 is 12.7. The number of rotatable bonds is 7. The van der Waals surface area contributed by atoms with Gasteiger partial charge in [-0.25, -0.2) is 4.39 Å². The van der Waals surface area contributed by atoms with Crippen LogP contribution in [-0.4, -0.2) is 25.3 Å². The molecule has 0 spiro atoms. The predicted octanol–water partition coefficient (Wildman–Crippen LogP) is 3.19. The van der Waals surface area contributed by atoms with Crippen LogP contribution in [0.1, 0.15) is 11.1 Å². The predicted molar refractivity (Wildman–Crippen MR) is 88.1 cm³/mol. The van der Waals surface area contributed by atoms with E-state index < -0.39 is 0 Å². The van der Waals surface area contributed by atoms with E-state index in [1.165, 1.54) is 18.3 Å². The molecule has 0 heterocycles. The van der Waals surface area contributed by atoms with Crippen LogP contribution in [0.25, 0.3) is 0 Å². The van der Waals surface area contributed by atoms with Crippen molar-refractivity contribution in [1.82, 2.24) is 5.32 Å². The van der Waals surface area contributed by atoms with Crippen LogP contribution in [0.5, 0.6) is 0 Å². The van der Waals surface area contributed by atoms with Gasteiger partial charge in [0.2, 0.25) is 0 Å². The molecule has 0 aliphatic heterocycles. The van der Waals surface area contributed by atoms with Gasteiger partial charge in [0.1, 0.15) is 5.82 Å². The van der Waals surface area contributed by atoms with E-state index in [0.717, 1.165) is 11.1 Å². The summed E-state index contributed by atoms with van der Waals surface area (Å²) in [6, 6.07) is 13.2. The summed E-state index contributed by atoms with van der Waals surface area (Å²) in [5, 5.41) is 7.06. The highest BCUT2D eigenvalue weighted by molar-refractivity contribution is 6.30. The molecule has 0 aliphatic rings. The van der Waals surface area contributed by atoms with Crippen molar-refractivity contribution in [3.63, 3.8) is 0 Å². The highest BCUT2D eigenvalue weighted by Crippen LogP contribution is 2.07. The van der Waals surface area contributed by atoms with E-state index in [2.05, 4.69) is 10.5 Å². The van der Waals surface area contributed by atoms with E-state index in [1.807, 2.05) is 0 Å². The van der Waals surface area contributed by atoms with E-state index >= 15 is 0 Å². The molecule has 6 heteroatoms. The fourth-order valence-electron chi connectivity index (χ4n) is 1.79. The molecule has 120 valence electrons. The Bertz CT molecular complexity index is 657. The zero-order valence-corrected chi connectivity index (χ0v) is 13.1. The van der Waals surface area contributed by atoms with Gasteiger partial charge < -0.3 is 10.2 Å². The van der Waals surface area contributed by atoms with Crippen molar-refractivity contribution < 1.29 is 14.0 Å². The minimum Gasteiger partial charge on any atom is -0.386 e. The first-order valence-electron chi connectivity index (χ1n) is 7.05. The van der Waals surface area contributed by atoms with Crippen molar-refractivity contribution in [2.24, 2.45) is 5.16 Å². The molecular weight excluding hydrogens is 319 g/mol. The zero-order chi connectivity index (χ0) is 16.5. The molecule has 23 heavy (non-hydrogen) atoms. The molecule has 2 aromatic carbocycles. The number of amides is 1. The van der Waals surface area contributed by atoms with Crippen molar-refractivity contribution in [1.29, 1.82) is 0 Å². The SMILES string of the molecule is O=C(CO/N=C/c1ccc(Cl)cc1)NCCc1ccc(F)cc1. The molecule has 0 radical (unpaired) electrons. The van der Waals surface area contributed by atoms with E-state index in [-0.39, 0.29) is 18.3 Å². The Morgan fingerprint density at radius 1 is 1.17 bits per heavy atom. The van der Waals surface area contributed by atoms with Crippen LogP contribution < -0.4 is 5.32 Å². The van der Waals surface area contributed by atoms with Gasteiger partial charge in [-0.3, -0.25) is 4.79 Å². The van der Waals surface area contributed by atoms with Crippen molar-refractivity contribution >= 4 is 23.7 Å². The molecule has 2 aromatic rings. The average Bonchev–Trinajstić information content (AvgIpc) is 2.55. The second kappa shape index (κ2) is 8.90. The third-order valence-corrected chi connectivity index (χ3v) is 3.24. The molecule has 2 rings (SSSR count). The van der Waals surface area contributed by atoms with Crippen molar-refractivity contribution in [2.45, 2.75) is 6.42 Å². The highest BCUT2D eigenvalue weighted by Gasteiger charge is 2.01. The minimum absolute atomic E-state index is 0.159. The number of hydrogen-bond donors (Lipinski definition) is 1. The van der Waals surface area contributed by atoms with Crippen LogP contribution in [0.4, 0.5) is 4.39 Å². The van der Waals surface area contributed by atoms with E-state index in [9.17, 15) is 9.18 Å². The zero-order valence-electron chi connectivity index (χ0n) is 12.3. The second-order valence-corrected chi connectivity index (χ2v) is 5.22. The van der Waals surface area contributed by atoms with E-state index in [1.54, 1.807) is 36.4 Å². The van der Waals surface area contributed by atoms with Crippen LogP contribution in [0.15, 0.2) is 53.7 Å². The Morgan fingerprint density at radius 3 is 2.57 bits per heavy atom. The van der Waals surface area contributed by atoms with Gasteiger partial charge in [0, 0.05) is 11.6 Å². The van der Waals surface area contributed by atoms with E-state index in [0.29, 0.717) is 18.0 Å². The number of nitrogens with one attached hydrogen (secondary N) is 1. The maximum atomic E-state index is 12.7. The van der Waals surface area contributed by atoms with Crippen LogP contribution in [0.3, 0.4) is 0 Å². The standard InChI is InChI=1S/C17H16ClFN2O2/c18-15-5-1-14(2-6-15)11-21-23-12-17(22)20-10-9-13-3-7-16(19)8-4-13/h1-8,11H,9-10,12H2,(H,20,22)/b21-11+. The summed E-state index contributed by atoms with van der Waals surface area (Å²) in [7, 11) is 0. The topological polar surface area (TPSA) is 50.7 Å². The molecule has 4 nitrogen and oxygen atoms in total. The Kier molecular flexibility index (Phi) is 6.56. The van der Waals surface area contributed by atoms with Crippen LogP contribution in [0, 0.1) is 5.82 Å². The normalized spacial score (nSPS) is 10.7. The Morgan fingerprint density at radius 2 is 1.87 bits per heavy atom. The molecule has 0 saturated heterocycles. The number of oxime groups is 1. The molecule has 0 fully saturated rings. The number of carbonyl (C=O) groups excluding carboxylic acids is 1. The second-order valence-electron chi connectivity index (χ2n) is 4.79. The Balaban J connectivity index is 1.63. The lowest BCUT2D eigenvalue weighted by Crippen LogP contribution is -2.28. The molecule has 1 N–H and O–H groups in total. The number of benzene rings is 2. The first-order chi connectivity index (χ1) is 11.1. The van der Waals surface area contributed by atoms with Gasteiger partial charge in [-0.15, -0.1) is 0 Å². The maximum Gasteiger partial charge on any atom is 0.260 e. The van der Waals surface area contributed by atoms with Gasteiger partial charge in [0.25, 0.3) is 5.91 Å². The van der Waals surface area contributed by atoms with Crippen molar-refractivity contribution in [3.8, 4) is 0 Å². The van der Waals surface area contributed by atoms with Gasteiger partial charge in [-0.05, 0) is 41.8 Å². The highest BCUT2D eigenvalue weighted by atomic mass is 35.5. The van der Waals surface area contributed by atoms with Gasteiger partial charge in [0.15, 0.2) is 6.61 Å². The summed E-state index contributed by atoms with van der Waals surface area (Å²) in [6.07, 6.45) is 2.13. The quantitative estimate of drug-likeness (QED) is 0.624. The summed E-state index contributed by atoms with van der Waals surface area (Å²) in [5.74, 6) is -0.537. The smallest absolute Gasteiger partial charge is 0.260 e. The van der Waals surface area contributed by atoms with Gasteiger partial charge >= 0.3 is 0 Å². The molecule has 1 amide bonds.